The van der Waals surface area contributed by atoms with E-state index in [9.17, 15) is 4.79 Å². The minimum absolute atomic E-state index is 0.0396. The Bertz CT molecular complexity index is 955. The fraction of sp³-hybridized carbons (Fsp3) is 0.150. The van der Waals surface area contributed by atoms with Gasteiger partial charge in [-0.2, -0.15) is 0 Å². The van der Waals surface area contributed by atoms with Gasteiger partial charge in [-0.3, -0.25) is 4.79 Å². The van der Waals surface area contributed by atoms with Crippen LogP contribution in [0.4, 0.5) is 23.0 Å². The van der Waals surface area contributed by atoms with Crippen molar-refractivity contribution in [1.29, 1.82) is 0 Å². The molecular formula is C20H19ClN4O. The molecule has 0 atom stereocenters. The van der Waals surface area contributed by atoms with E-state index in [1.807, 2.05) is 50.2 Å². The Morgan fingerprint density at radius 3 is 2.27 bits per heavy atom. The van der Waals surface area contributed by atoms with Crippen LogP contribution in [0.3, 0.4) is 0 Å². The summed E-state index contributed by atoms with van der Waals surface area (Å²) in [5.74, 6) is 2.01. The van der Waals surface area contributed by atoms with Gasteiger partial charge in [0.25, 0.3) is 0 Å². The third-order valence-corrected chi connectivity index (χ3v) is 4.34. The SMILES string of the molecule is CC(=O)c1ccc(Nc2cc(Nc3cccc(Cl)c3C)nc(C)n2)cc1. The van der Waals surface area contributed by atoms with Gasteiger partial charge in [0.2, 0.25) is 0 Å². The van der Waals surface area contributed by atoms with E-state index in [2.05, 4.69) is 20.6 Å². The summed E-state index contributed by atoms with van der Waals surface area (Å²) in [6.07, 6.45) is 0. The number of rotatable bonds is 5. The molecule has 0 bridgehead atoms. The van der Waals surface area contributed by atoms with Crippen molar-refractivity contribution in [2.45, 2.75) is 20.8 Å². The van der Waals surface area contributed by atoms with Gasteiger partial charge in [-0.05, 0) is 62.7 Å². The summed E-state index contributed by atoms with van der Waals surface area (Å²) in [4.78, 5) is 20.2. The van der Waals surface area contributed by atoms with Gasteiger partial charge in [-0.1, -0.05) is 17.7 Å². The standard InChI is InChI=1S/C20H19ClN4O/c1-12-17(21)5-4-6-18(12)25-20-11-19(22-14(3)23-20)24-16-9-7-15(8-10-16)13(2)26/h4-11H,1-3H3,(H2,22,23,24,25). The second kappa shape index (κ2) is 7.54. The summed E-state index contributed by atoms with van der Waals surface area (Å²) in [5.41, 5.74) is 3.37. The van der Waals surface area contributed by atoms with Crippen molar-refractivity contribution in [3.8, 4) is 0 Å². The summed E-state index contributed by atoms with van der Waals surface area (Å²) in [5, 5.41) is 7.22. The number of hydrogen-bond donors (Lipinski definition) is 2. The van der Waals surface area contributed by atoms with Crippen molar-refractivity contribution in [2.75, 3.05) is 10.6 Å². The molecule has 0 radical (unpaired) electrons. The monoisotopic (exact) mass is 366 g/mol. The van der Waals surface area contributed by atoms with Gasteiger partial charge in [0, 0.05) is 28.0 Å². The maximum Gasteiger partial charge on any atom is 0.159 e. The summed E-state index contributed by atoms with van der Waals surface area (Å²) in [6.45, 7) is 5.33. The number of aromatic nitrogens is 2. The van der Waals surface area contributed by atoms with Gasteiger partial charge in [-0.25, -0.2) is 9.97 Å². The largest absolute Gasteiger partial charge is 0.340 e. The van der Waals surface area contributed by atoms with Gasteiger partial charge in [0.15, 0.2) is 5.78 Å². The Labute approximate surface area is 157 Å². The number of benzene rings is 2. The van der Waals surface area contributed by atoms with Crippen LogP contribution in [0.1, 0.15) is 28.7 Å². The first-order valence-electron chi connectivity index (χ1n) is 8.18. The summed E-state index contributed by atoms with van der Waals surface area (Å²) < 4.78 is 0. The van der Waals surface area contributed by atoms with E-state index in [1.54, 1.807) is 19.1 Å². The molecule has 0 aliphatic heterocycles. The number of ketones is 1. The predicted octanol–water partition coefficient (Wildman–Crippen LogP) is 5.44. The molecule has 2 aromatic carbocycles. The molecule has 0 spiro atoms. The van der Waals surface area contributed by atoms with Crippen molar-refractivity contribution in [3.05, 3.63) is 70.5 Å². The summed E-state index contributed by atoms with van der Waals surface area (Å²) in [7, 11) is 0. The number of aryl methyl sites for hydroxylation is 1. The molecule has 0 saturated carbocycles. The molecule has 1 aromatic heterocycles. The van der Waals surface area contributed by atoms with Crippen LogP contribution in [0.5, 0.6) is 0 Å². The second-order valence-corrected chi connectivity index (χ2v) is 6.39. The number of nitrogens with zero attached hydrogens (tertiary/aromatic N) is 2. The zero-order chi connectivity index (χ0) is 18.7. The van der Waals surface area contributed by atoms with E-state index < -0.39 is 0 Å². The molecular weight excluding hydrogens is 348 g/mol. The smallest absolute Gasteiger partial charge is 0.159 e. The maximum absolute atomic E-state index is 11.4. The third kappa shape index (κ3) is 4.18. The van der Waals surface area contributed by atoms with E-state index in [0.717, 1.165) is 16.9 Å². The van der Waals surface area contributed by atoms with Crippen LogP contribution in [0.25, 0.3) is 0 Å². The lowest BCUT2D eigenvalue weighted by atomic mass is 10.1. The fourth-order valence-corrected chi connectivity index (χ4v) is 2.69. The Kier molecular flexibility index (Phi) is 5.19. The molecule has 6 heteroatoms. The lowest BCUT2D eigenvalue weighted by molar-refractivity contribution is 0.101. The number of nitrogens with one attached hydrogen (secondary N) is 2. The second-order valence-electron chi connectivity index (χ2n) is 5.98. The normalized spacial score (nSPS) is 10.5. The average molecular weight is 367 g/mol. The first-order valence-corrected chi connectivity index (χ1v) is 8.56. The Balaban J connectivity index is 1.83. The molecule has 5 nitrogen and oxygen atoms in total. The highest BCUT2D eigenvalue weighted by Gasteiger charge is 2.07. The van der Waals surface area contributed by atoms with Crippen molar-refractivity contribution in [3.63, 3.8) is 0 Å². The van der Waals surface area contributed by atoms with Gasteiger partial charge in [0.05, 0.1) is 0 Å². The fourth-order valence-electron chi connectivity index (χ4n) is 2.51. The van der Waals surface area contributed by atoms with Crippen LogP contribution in [0.2, 0.25) is 5.02 Å². The van der Waals surface area contributed by atoms with Crippen LogP contribution in [-0.4, -0.2) is 15.8 Å². The van der Waals surface area contributed by atoms with Gasteiger partial charge in [-0.15, -0.1) is 0 Å². The molecule has 0 aliphatic rings. The summed E-state index contributed by atoms with van der Waals surface area (Å²) in [6, 6.07) is 14.8. The molecule has 132 valence electrons. The predicted molar refractivity (Wildman–Crippen MR) is 106 cm³/mol. The molecule has 0 aliphatic carbocycles. The van der Waals surface area contributed by atoms with Gasteiger partial charge < -0.3 is 10.6 Å². The van der Waals surface area contributed by atoms with E-state index in [0.29, 0.717) is 28.0 Å². The number of Topliss-reactive ketones (excluding diaryl/α,β-unsaturated/α-hetero) is 1. The summed E-state index contributed by atoms with van der Waals surface area (Å²) >= 11 is 6.18. The molecule has 1 heterocycles. The zero-order valence-electron chi connectivity index (χ0n) is 14.8. The van der Waals surface area contributed by atoms with Crippen LogP contribution in [-0.2, 0) is 0 Å². The highest BCUT2D eigenvalue weighted by Crippen LogP contribution is 2.26. The van der Waals surface area contributed by atoms with Crippen LogP contribution in [0.15, 0.2) is 48.5 Å². The van der Waals surface area contributed by atoms with Crippen molar-refractivity contribution in [2.24, 2.45) is 0 Å². The Hall–Kier alpha value is -2.92. The van der Waals surface area contributed by atoms with E-state index in [1.165, 1.54) is 0 Å². The number of hydrogen-bond acceptors (Lipinski definition) is 5. The minimum Gasteiger partial charge on any atom is -0.340 e. The Morgan fingerprint density at radius 2 is 1.62 bits per heavy atom. The molecule has 0 unspecified atom stereocenters. The number of carbonyl (C=O) groups excluding carboxylic acids is 1. The number of halogens is 1. The number of anilines is 4. The van der Waals surface area contributed by atoms with Crippen molar-refractivity contribution in [1.82, 2.24) is 9.97 Å². The van der Waals surface area contributed by atoms with Crippen molar-refractivity contribution >= 4 is 40.4 Å². The zero-order valence-corrected chi connectivity index (χ0v) is 15.6. The van der Waals surface area contributed by atoms with Gasteiger partial charge in [0.1, 0.15) is 17.5 Å². The highest BCUT2D eigenvalue weighted by molar-refractivity contribution is 6.31. The molecule has 3 aromatic rings. The maximum atomic E-state index is 11.4. The topological polar surface area (TPSA) is 66.9 Å². The molecule has 0 saturated heterocycles. The molecule has 2 N–H and O–H groups in total. The molecule has 0 fully saturated rings. The first kappa shape index (κ1) is 17.9. The quantitative estimate of drug-likeness (QED) is 0.589. The van der Waals surface area contributed by atoms with Crippen molar-refractivity contribution < 1.29 is 4.79 Å². The van der Waals surface area contributed by atoms with Crippen LogP contribution >= 0.6 is 11.6 Å². The van der Waals surface area contributed by atoms with Gasteiger partial charge >= 0.3 is 0 Å². The minimum atomic E-state index is 0.0396. The lowest BCUT2D eigenvalue weighted by Crippen LogP contribution is -2.02. The lowest BCUT2D eigenvalue weighted by Gasteiger charge is -2.12. The van der Waals surface area contributed by atoms with E-state index in [4.69, 9.17) is 11.6 Å². The first-order chi connectivity index (χ1) is 12.4. The Morgan fingerprint density at radius 1 is 0.962 bits per heavy atom. The van der Waals surface area contributed by atoms with Crippen LogP contribution < -0.4 is 10.6 Å². The third-order valence-electron chi connectivity index (χ3n) is 3.93. The van der Waals surface area contributed by atoms with E-state index in [-0.39, 0.29) is 5.78 Å². The van der Waals surface area contributed by atoms with E-state index >= 15 is 0 Å². The average Bonchev–Trinajstić information content (AvgIpc) is 2.59. The number of carbonyl (C=O) groups is 1. The molecule has 3 rings (SSSR count). The highest BCUT2D eigenvalue weighted by atomic mass is 35.5. The molecule has 26 heavy (non-hydrogen) atoms. The van der Waals surface area contributed by atoms with Crippen LogP contribution in [0, 0.1) is 13.8 Å². The molecule has 0 amide bonds.